The van der Waals surface area contributed by atoms with E-state index in [0.717, 1.165) is 30.6 Å². The smallest absolute Gasteiger partial charge is 0.127 e. The number of ether oxygens (including phenoxy) is 1. The van der Waals surface area contributed by atoms with Crippen LogP contribution >= 0.6 is 0 Å². The van der Waals surface area contributed by atoms with Crippen LogP contribution in [-0.4, -0.2) is 35.3 Å². The van der Waals surface area contributed by atoms with Gasteiger partial charge in [0.25, 0.3) is 0 Å². The quantitative estimate of drug-likeness (QED) is 0.893. The number of rotatable bonds is 5. The van der Waals surface area contributed by atoms with Crippen LogP contribution in [0.25, 0.3) is 0 Å². The lowest BCUT2D eigenvalue weighted by atomic mass is 9.88. The third-order valence-corrected chi connectivity index (χ3v) is 4.98. The Labute approximate surface area is 149 Å². The van der Waals surface area contributed by atoms with Crippen LogP contribution in [0.2, 0.25) is 0 Å². The fraction of sp³-hybridized carbons (Fsp3) is 0.429. The molecule has 1 N–H and O–H groups in total. The van der Waals surface area contributed by atoms with Crippen LogP contribution in [0, 0.1) is 12.7 Å². The molecule has 0 unspecified atom stereocenters. The molecule has 3 nitrogen and oxygen atoms in total. The Morgan fingerprint density at radius 1 is 1.16 bits per heavy atom. The normalized spacial score (nSPS) is 23.6. The van der Waals surface area contributed by atoms with Gasteiger partial charge in [0.2, 0.25) is 0 Å². The van der Waals surface area contributed by atoms with E-state index in [1.807, 2.05) is 49.2 Å². The van der Waals surface area contributed by atoms with Crippen LogP contribution in [0.1, 0.15) is 30.4 Å². The summed E-state index contributed by atoms with van der Waals surface area (Å²) < 4.78 is 20.0. The lowest BCUT2D eigenvalue weighted by Gasteiger charge is -2.39. The Hall–Kier alpha value is -1.91. The number of aliphatic hydroxyl groups excluding tert-OH is 1. The number of nitrogens with zero attached hydrogens (tertiary/aromatic N) is 1. The summed E-state index contributed by atoms with van der Waals surface area (Å²) >= 11 is 0. The maximum Gasteiger partial charge on any atom is 0.127 e. The minimum atomic E-state index is -0.592. The van der Waals surface area contributed by atoms with E-state index in [1.165, 1.54) is 6.07 Å². The molecule has 3 atom stereocenters. The van der Waals surface area contributed by atoms with Crippen molar-refractivity contribution in [3.63, 3.8) is 0 Å². The van der Waals surface area contributed by atoms with Gasteiger partial charge in [-0.3, -0.25) is 4.90 Å². The van der Waals surface area contributed by atoms with Crippen molar-refractivity contribution < 1.29 is 14.2 Å². The molecule has 25 heavy (non-hydrogen) atoms. The Balaban J connectivity index is 1.66. The molecule has 0 spiro atoms. The van der Waals surface area contributed by atoms with E-state index in [1.54, 1.807) is 12.1 Å². The van der Waals surface area contributed by atoms with Gasteiger partial charge in [-0.2, -0.15) is 0 Å². The van der Waals surface area contributed by atoms with E-state index >= 15 is 0 Å². The molecule has 4 heteroatoms. The van der Waals surface area contributed by atoms with Crippen LogP contribution in [-0.2, 0) is 6.54 Å². The molecule has 0 radical (unpaired) electrons. The molecule has 1 aliphatic carbocycles. The number of hydrogen-bond donors (Lipinski definition) is 1. The lowest BCUT2D eigenvalue weighted by molar-refractivity contribution is -0.0493. The molecule has 1 saturated carbocycles. The van der Waals surface area contributed by atoms with Crippen LogP contribution < -0.4 is 4.74 Å². The number of aliphatic hydroxyl groups is 1. The van der Waals surface area contributed by atoms with Crippen LogP contribution in [0.5, 0.6) is 5.75 Å². The summed E-state index contributed by atoms with van der Waals surface area (Å²) in [5.41, 5.74) is 1.79. The van der Waals surface area contributed by atoms with Gasteiger partial charge in [0.15, 0.2) is 0 Å². The lowest BCUT2D eigenvalue weighted by Crippen LogP contribution is -2.51. The third-order valence-electron chi connectivity index (χ3n) is 4.98. The van der Waals surface area contributed by atoms with Crippen LogP contribution in [0.3, 0.4) is 0 Å². The molecule has 0 bridgehead atoms. The number of hydrogen-bond acceptors (Lipinski definition) is 3. The Bertz CT molecular complexity index is 706. The van der Waals surface area contributed by atoms with Gasteiger partial charge in [0.1, 0.15) is 23.8 Å². The largest absolute Gasteiger partial charge is 0.488 e. The second-order valence-electron chi connectivity index (χ2n) is 6.97. The molecule has 3 rings (SSSR count). The van der Waals surface area contributed by atoms with E-state index in [4.69, 9.17) is 4.74 Å². The number of benzene rings is 2. The van der Waals surface area contributed by atoms with Crippen molar-refractivity contribution in [2.75, 3.05) is 7.05 Å². The summed E-state index contributed by atoms with van der Waals surface area (Å²) in [6.07, 6.45) is 1.88. The minimum absolute atomic E-state index is 0.0387. The van der Waals surface area contributed by atoms with Crippen molar-refractivity contribution in [1.29, 1.82) is 0 Å². The fourth-order valence-corrected chi connectivity index (χ4v) is 3.60. The highest BCUT2D eigenvalue weighted by Gasteiger charge is 2.35. The maximum absolute atomic E-state index is 13.9. The molecule has 134 valence electrons. The van der Waals surface area contributed by atoms with Gasteiger partial charge in [-0.05, 0) is 57.0 Å². The first kappa shape index (κ1) is 17.9. The number of likely N-dealkylation sites (N-methyl/N-ethyl adjacent to an activating group) is 1. The molecule has 0 aliphatic heterocycles. The maximum atomic E-state index is 13.9. The standard InChI is InChI=1S/C21H26FNO2/c1-15-7-5-9-17(13-15)25-20-12-6-11-19(21(20)24)23(2)14-16-8-3-4-10-18(16)22/h3-5,7-10,13,19-21,24H,6,11-12,14H2,1-2H3/t19-,20+,21+/m0/s1. The van der Waals surface area contributed by atoms with Gasteiger partial charge in [0.05, 0.1) is 0 Å². The van der Waals surface area contributed by atoms with Crippen molar-refractivity contribution in [3.05, 3.63) is 65.5 Å². The van der Waals surface area contributed by atoms with Crippen molar-refractivity contribution in [2.24, 2.45) is 0 Å². The second-order valence-corrected chi connectivity index (χ2v) is 6.97. The number of halogens is 1. The molecule has 2 aromatic rings. The minimum Gasteiger partial charge on any atom is -0.488 e. The van der Waals surface area contributed by atoms with E-state index in [9.17, 15) is 9.50 Å². The van der Waals surface area contributed by atoms with Gasteiger partial charge in [0, 0.05) is 18.2 Å². The SMILES string of the molecule is Cc1cccc(O[C@@H]2CCC[C@H](N(C)Cc3ccccc3F)[C@H]2O)c1. The van der Waals surface area contributed by atoms with Crippen molar-refractivity contribution in [3.8, 4) is 5.75 Å². The topological polar surface area (TPSA) is 32.7 Å². The molecule has 2 aromatic carbocycles. The summed E-state index contributed by atoms with van der Waals surface area (Å²) in [5.74, 6) is 0.591. The molecule has 0 heterocycles. The highest BCUT2D eigenvalue weighted by atomic mass is 19.1. The van der Waals surface area contributed by atoms with E-state index in [0.29, 0.717) is 12.1 Å². The Morgan fingerprint density at radius 3 is 2.72 bits per heavy atom. The van der Waals surface area contributed by atoms with Crippen molar-refractivity contribution >= 4 is 0 Å². The predicted octanol–water partition coefficient (Wildman–Crippen LogP) is 3.93. The highest BCUT2D eigenvalue weighted by molar-refractivity contribution is 5.27. The first-order valence-electron chi connectivity index (χ1n) is 8.89. The molecule has 0 amide bonds. The summed E-state index contributed by atoms with van der Waals surface area (Å²) in [7, 11) is 1.94. The molecule has 0 saturated heterocycles. The first-order chi connectivity index (χ1) is 12.0. The summed E-state index contributed by atoms with van der Waals surface area (Å²) in [6, 6.07) is 14.7. The fourth-order valence-electron chi connectivity index (χ4n) is 3.60. The summed E-state index contributed by atoms with van der Waals surface area (Å²) in [5, 5.41) is 10.8. The van der Waals surface area contributed by atoms with Crippen LogP contribution in [0.15, 0.2) is 48.5 Å². The van der Waals surface area contributed by atoms with E-state index in [2.05, 4.69) is 0 Å². The van der Waals surface area contributed by atoms with Crippen LogP contribution in [0.4, 0.5) is 4.39 Å². The molecule has 1 aliphatic rings. The number of aryl methyl sites for hydroxylation is 1. The van der Waals surface area contributed by atoms with Gasteiger partial charge >= 0.3 is 0 Å². The predicted molar refractivity (Wildman–Crippen MR) is 97.1 cm³/mol. The van der Waals surface area contributed by atoms with Gasteiger partial charge in [-0.15, -0.1) is 0 Å². The highest BCUT2D eigenvalue weighted by Crippen LogP contribution is 2.28. The third kappa shape index (κ3) is 4.39. The first-order valence-corrected chi connectivity index (χ1v) is 8.89. The molecule has 1 fully saturated rings. The summed E-state index contributed by atoms with van der Waals surface area (Å²) in [6.45, 7) is 2.50. The molecule has 0 aromatic heterocycles. The van der Waals surface area contributed by atoms with Gasteiger partial charge in [-0.1, -0.05) is 30.3 Å². The zero-order chi connectivity index (χ0) is 17.8. The Kier molecular flexibility index (Phi) is 5.71. The van der Waals surface area contributed by atoms with Gasteiger partial charge < -0.3 is 9.84 Å². The monoisotopic (exact) mass is 343 g/mol. The second kappa shape index (κ2) is 7.98. The van der Waals surface area contributed by atoms with Gasteiger partial charge in [-0.25, -0.2) is 4.39 Å². The van der Waals surface area contributed by atoms with E-state index in [-0.39, 0.29) is 18.0 Å². The van der Waals surface area contributed by atoms with E-state index < -0.39 is 6.10 Å². The van der Waals surface area contributed by atoms with Crippen molar-refractivity contribution in [2.45, 2.75) is 51.0 Å². The zero-order valence-electron chi connectivity index (χ0n) is 14.9. The molecular formula is C21H26FNO2. The summed E-state index contributed by atoms with van der Waals surface area (Å²) in [4.78, 5) is 2.04. The average molecular weight is 343 g/mol. The zero-order valence-corrected chi connectivity index (χ0v) is 14.9. The average Bonchev–Trinajstić information content (AvgIpc) is 2.59. The Morgan fingerprint density at radius 2 is 1.96 bits per heavy atom. The molecular weight excluding hydrogens is 317 g/mol. The van der Waals surface area contributed by atoms with Crippen molar-refractivity contribution in [1.82, 2.24) is 4.90 Å².